The van der Waals surface area contributed by atoms with Gasteiger partial charge in [-0.1, -0.05) is 29.8 Å². The van der Waals surface area contributed by atoms with Gasteiger partial charge in [-0.2, -0.15) is 0 Å². The van der Waals surface area contributed by atoms with Gasteiger partial charge in [-0.05, 0) is 24.3 Å². The van der Waals surface area contributed by atoms with Crippen molar-refractivity contribution in [1.29, 1.82) is 0 Å². The summed E-state index contributed by atoms with van der Waals surface area (Å²) in [4.78, 5) is 25.9. The van der Waals surface area contributed by atoms with Gasteiger partial charge in [0.2, 0.25) is 5.91 Å². The molecule has 0 saturated carbocycles. The van der Waals surface area contributed by atoms with Gasteiger partial charge in [-0.3, -0.25) is 9.69 Å². The Morgan fingerprint density at radius 1 is 0.857 bits per heavy atom. The number of aromatic nitrogens is 1. The number of para-hydroxylation sites is 1. The van der Waals surface area contributed by atoms with Crippen LogP contribution in [0.3, 0.4) is 0 Å². The lowest BCUT2D eigenvalue weighted by atomic mass is 10.2. The summed E-state index contributed by atoms with van der Waals surface area (Å²) in [5, 5.41) is 0.771. The number of carbonyl (C=O) groups is 1. The second kappa shape index (κ2) is 8.80. The van der Waals surface area contributed by atoms with Crippen LogP contribution in [0.5, 0.6) is 0 Å². The molecule has 2 aliphatic rings. The number of benzene rings is 1. The van der Waals surface area contributed by atoms with Crippen LogP contribution in [0.15, 0.2) is 48.7 Å². The van der Waals surface area contributed by atoms with Gasteiger partial charge in [-0.25, -0.2) is 4.98 Å². The Morgan fingerprint density at radius 2 is 1.54 bits per heavy atom. The molecule has 1 aromatic carbocycles. The minimum Gasteiger partial charge on any atom is -0.367 e. The highest BCUT2D eigenvalue weighted by molar-refractivity contribution is 6.33. The monoisotopic (exact) mass is 399 g/mol. The third-order valence-corrected chi connectivity index (χ3v) is 5.85. The van der Waals surface area contributed by atoms with Crippen LogP contribution in [0.25, 0.3) is 0 Å². The van der Waals surface area contributed by atoms with Crippen LogP contribution in [-0.2, 0) is 4.79 Å². The molecule has 148 valence electrons. The predicted molar refractivity (Wildman–Crippen MR) is 113 cm³/mol. The van der Waals surface area contributed by atoms with Crippen molar-refractivity contribution in [2.75, 3.05) is 68.7 Å². The summed E-state index contributed by atoms with van der Waals surface area (Å²) < 4.78 is 0. The molecule has 2 fully saturated rings. The third kappa shape index (κ3) is 4.39. The molecule has 2 aromatic rings. The molecule has 4 rings (SSSR count). The maximum Gasteiger partial charge on any atom is 0.236 e. The topological polar surface area (TPSA) is 42.9 Å². The van der Waals surface area contributed by atoms with Gasteiger partial charge in [0.25, 0.3) is 0 Å². The van der Waals surface area contributed by atoms with E-state index < -0.39 is 0 Å². The molecule has 0 bridgehead atoms. The van der Waals surface area contributed by atoms with Gasteiger partial charge >= 0.3 is 0 Å². The third-order valence-electron chi connectivity index (χ3n) is 5.53. The maximum atomic E-state index is 12.7. The van der Waals surface area contributed by atoms with Crippen LogP contribution >= 0.6 is 11.6 Å². The summed E-state index contributed by atoms with van der Waals surface area (Å²) in [7, 11) is 0. The second-order valence-electron chi connectivity index (χ2n) is 7.27. The summed E-state index contributed by atoms with van der Waals surface area (Å²) >= 11 is 6.30. The quantitative estimate of drug-likeness (QED) is 0.788. The van der Waals surface area contributed by atoms with Crippen molar-refractivity contribution in [1.82, 2.24) is 14.8 Å². The van der Waals surface area contributed by atoms with E-state index in [0.717, 1.165) is 68.9 Å². The highest BCUT2D eigenvalue weighted by Gasteiger charge is 2.25. The fourth-order valence-corrected chi connectivity index (χ4v) is 4.13. The molecule has 6 nitrogen and oxygen atoms in total. The first-order valence-electron chi connectivity index (χ1n) is 9.86. The van der Waals surface area contributed by atoms with Crippen LogP contribution in [-0.4, -0.2) is 79.6 Å². The minimum atomic E-state index is 0.227. The van der Waals surface area contributed by atoms with Gasteiger partial charge in [0, 0.05) is 58.6 Å². The molecule has 0 N–H and O–H groups in total. The number of pyridine rings is 1. The molecule has 2 aliphatic heterocycles. The van der Waals surface area contributed by atoms with E-state index in [1.54, 1.807) is 0 Å². The fraction of sp³-hybridized carbons (Fsp3) is 0.429. The van der Waals surface area contributed by atoms with Crippen molar-refractivity contribution in [2.45, 2.75) is 0 Å². The molecule has 0 aliphatic carbocycles. The van der Waals surface area contributed by atoms with E-state index in [9.17, 15) is 4.79 Å². The number of hydrogen-bond donors (Lipinski definition) is 0. The highest BCUT2D eigenvalue weighted by atomic mass is 35.5. The van der Waals surface area contributed by atoms with E-state index in [0.29, 0.717) is 6.54 Å². The number of anilines is 2. The van der Waals surface area contributed by atoms with Crippen LogP contribution < -0.4 is 9.80 Å². The van der Waals surface area contributed by atoms with Crippen LogP contribution in [0.1, 0.15) is 0 Å². The van der Waals surface area contributed by atoms with Gasteiger partial charge in [0.15, 0.2) is 0 Å². The smallest absolute Gasteiger partial charge is 0.236 e. The number of piperazine rings is 2. The lowest BCUT2D eigenvalue weighted by molar-refractivity contribution is -0.132. The molecule has 28 heavy (non-hydrogen) atoms. The molecule has 0 unspecified atom stereocenters. The van der Waals surface area contributed by atoms with Crippen molar-refractivity contribution in [3.8, 4) is 0 Å². The molecular formula is C21H26ClN5O. The standard InChI is InChI=1S/C21H26ClN5O/c22-18-5-1-2-6-19(18)25-13-15-27(16-14-25)21(28)17-24-9-11-26(12-10-24)20-7-3-4-8-23-20/h1-8H,9-17H2. The zero-order valence-corrected chi connectivity index (χ0v) is 16.8. The van der Waals surface area contributed by atoms with Crippen LogP contribution in [0, 0.1) is 0 Å². The average molecular weight is 400 g/mol. The number of hydrogen-bond acceptors (Lipinski definition) is 5. The Hall–Kier alpha value is -2.31. The van der Waals surface area contributed by atoms with Gasteiger partial charge in [-0.15, -0.1) is 0 Å². The van der Waals surface area contributed by atoms with E-state index in [4.69, 9.17) is 11.6 Å². The highest BCUT2D eigenvalue weighted by Crippen LogP contribution is 2.26. The Labute approximate surface area is 171 Å². The minimum absolute atomic E-state index is 0.227. The van der Waals surface area contributed by atoms with Crippen molar-refractivity contribution in [3.05, 3.63) is 53.7 Å². The van der Waals surface area contributed by atoms with Gasteiger partial charge in [0.05, 0.1) is 17.3 Å². The number of carbonyl (C=O) groups excluding carboxylic acids is 1. The summed E-state index contributed by atoms with van der Waals surface area (Å²) in [6.45, 7) is 7.24. The predicted octanol–water partition coefficient (Wildman–Crippen LogP) is 2.21. The molecule has 1 amide bonds. The molecule has 0 radical (unpaired) electrons. The first kappa shape index (κ1) is 19.0. The fourth-order valence-electron chi connectivity index (χ4n) is 3.87. The SMILES string of the molecule is O=C(CN1CCN(c2ccccn2)CC1)N1CCN(c2ccccc2Cl)CC1. The van der Waals surface area contributed by atoms with E-state index in [1.165, 1.54) is 0 Å². The molecule has 3 heterocycles. The Balaban J connectivity index is 1.24. The van der Waals surface area contributed by atoms with Crippen molar-refractivity contribution in [2.24, 2.45) is 0 Å². The normalized spacial score (nSPS) is 18.4. The lowest BCUT2D eigenvalue weighted by Gasteiger charge is -2.39. The van der Waals surface area contributed by atoms with Crippen molar-refractivity contribution < 1.29 is 4.79 Å². The van der Waals surface area contributed by atoms with Crippen LogP contribution in [0.4, 0.5) is 11.5 Å². The number of nitrogens with zero attached hydrogens (tertiary/aromatic N) is 5. The van der Waals surface area contributed by atoms with Crippen LogP contribution in [0.2, 0.25) is 5.02 Å². The molecule has 1 aromatic heterocycles. The molecule has 7 heteroatoms. The maximum absolute atomic E-state index is 12.7. The largest absolute Gasteiger partial charge is 0.367 e. The molecule has 0 atom stereocenters. The van der Waals surface area contributed by atoms with Gasteiger partial charge < -0.3 is 14.7 Å². The first-order chi connectivity index (χ1) is 13.7. The molecule has 0 spiro atoms. The van der Waals surface area contributed by atoms with E-state index in [1.807, 2.05) is 53.6 Å². The first-order valence-corrected chi connectivity index (χ1v) is 10.2. The second-order valence-corrected chi connectivity index (χ2v) is 7.68. The van der Waals surface area contributed by atoms with E-state index >= 15 is 0 Å². The zero-order valence-electron chi connectivity index (χ0n) is 16.0. The average Bonchev–Trinajstić information content (AvgIpc) is 2.75. The summed E-state index contributed by atoms with van der Waals surface area (Å²) in [6.07, 6.45) is 1.83. The Bertz CT molecular complexity index is 786. The van der Waals surface area contributed by atoms with E-state index in [-0.39, 0.29) is 5.91 Å². The number of halogens is 1. The van der Waals surface area contributed by atoms with E-state index in [2.05, 4.69) is 19.7 Å². The summed E-state index contributed by atoms with van der Waals surface area (Å²) in [6, 6.07) is 13.9. The summed E-state index contributed by atoms with van der Waals surface area (Å²) in [5.41, 5.74) is 1.06. The van der Waals surface area contributed by atoms with Crippen molar-refractivity contribution in [3.63, 3.8) is 0 Å². The molecule has 2 saturated heterocycles. The molecular weight excluding hydrogens is 374 g/mol. The Morgan fingerprint density at radius 3 is 2.21 bits per heavy atom. The lowest BCUT2D eigenvalue weighted by Crippen LogP contribution is -2.54. The zero-order chi connectivity index (χ0) is 19.3. The number of rotatable bonds is 4. The van der Waals surface area contributed by atoms with Gasteiger partial charge in [0.1, 0.15) is 5.82 Å². The number of amides is 1. The van der Waals surface area contributed by atoms with Crippen molar-refractivity contribution >= 4 is 29.0 Å². The Kier molecular flexibility index (Phi) is 5.98. The summed E-state index contributed by atoms with van der Waals surface area (Å²) in [5.74, 6) is 1.24.